The van der Waals surface area contributed by atoms with Crippen LogP contribution in [0.3, 0.4) is 0 Å². The van der Waals surface area contributed by atoms with Crippen LogP contribution in [-0.2, 0) is 0 Å². The Morgan fingerprint density at radius 1 is 1.61 bits per heavy atom. The van der Waals surface area contributed by atoms with Crippen LogP contribution in [0.5, 0.6) is 0 Å². The van der Waals surface area contributed by atoms with Crippen molar-refractivity contribution in [1.82, 2.24) is 9.97 Å². The van der Waals surface area contributed by atoms with Crippen molar-refractivity contribution in [3.05, 3.63) is 16.4 Å². The van der Waals surface area contributed by atoms with Crippen molar-refractivity contribution in [3.8, 4) is 0 Å². The number of nitro groups is 1. The fourth-order valence-corrected chi connectivity index (χ4v) is 1.42. The largest absolute Gasteiger partial charge is 0.394 e. The third kappa shape index (κ3) is 2.83. The molecule has 0 aromatic carbocycles. The monoisotopic (exact) mass is 255 g/mol. The highest BCUT2D eigenvalue weighted by Gasteiger charge is 2.26. The molecule has 1 atom stereocenters. The summed E-state index contributed by atoms with van der Waals surface area (Å²) < 4.78 is 0. The topological polar surface area (TPSA) is 104 Å². The molecule has 0 aliphatic carbocycles. The summed E-state index contributed by atoms with van der Waals surface area (Å²) in [7, 11) is 1.64. The van der Waals surface area contributed by atoms with Crippen molar-refractivity contribution in [2.45, 2.75) is 19.9 Å². The molecule has 0 fully saturated rings. The fraction of sp³-hybridized carbons (Fsp3) is 0.600. The number of aliphatic hydroxyl groups is 1. The average Bonchev–Trinajstić information content (AvgIpc) is 2.36. The van der Waals surface area contributed by atoms with E-state index >= 15 is 0 Å². The molecule has 0 spiro atoms. The number of rotatable bonds is 6. The van der Waals surface area contributed by atoms with E-state index in [0.717, 1.165) is 0 Å². The molecule has 0 aliphatic heterocycles. The van der Waals surface area contributed by atoms with Crippen LogP contribution in [0.2, 0.25) is 0 Å². The number of likely N-dealkylation sites (N-methyl/N-ethyl adjacent to an activating group) is 1. The molecule has 1 heterocycles. The van der Waals surface area contributed by atoms with Gasteiger partial charge in [-0.15, -0.1) is 0 Å². The summed E-state index contributed by atoms with van der Waals surface area (Å²) in [5, 5.41) is 23.1. The minimum atomic E-state index is -0.520. The molecule has 8 heteroatoms. The summed E-state index contributed by atoms with van der Waals surface area (Å²) in [4.78, 5) is 20.0. The number of hydrogen-bond acceptors (Lipinski definition) is 7. The van der Waals surface area contributed by atoms with E-state index in [1.165, 1.54) is 6.33 Å². The number of aromatic nitrogens is 2. The summed E-state index contributed by atoms with van der Waals surface area (Å²) in [5.74, 6) is 0.372. The Kier molecular flexibility index (Phi) is 4.78. The second-order valence-corrected chi connectivity index (χ2v) is 3.82. The van der Waals surface area contributed by atoms with Gasteiger partial charge in [0.25, 0.3) is 0 Å². The van der Waals surface area contributed by atoms with Gasteiger partial charge in [-0.05, 0) is 13.8 Å². The molecule has 0 amide bonds. The van der Waals surface area contributed by atoms with E-state index in [9.17, 15) is 10.1 Å². The molecule has 1 aromatic rings. The third-order valence-corrected chi connectivity index (χ3v) is 2.59. The van der Waals surface area contributed by atoms with Crippen molar-refractivity contribution in [2.24, 2.45) is 0 Å². The molecule has 8 nitrogen and oxygen atoms in total. The van der Waals surface area contributed by atoms with E-state index < -0.39 is 4.92 Å². The van der Waals surface area contributed by atoms with E-state index in [0.29, 0.717) is 6.54 Å². The van der Waals surface area contributed by atoms with Crippen LogP contribution in [0.1, 0.15) is 13.8 Å². The number of nitrogens with zero attached hydrogens (tertiary/aromatic N) is 4. The van der Waals surface area contributed by atoms with Crippen LogP contribution in [0.25, 0.3) is 0 Å². The lowest BCUT2D eigenvalue weighted by atomic mass is 10.3. The third-order valence-electron chi connectivity index (χ3n) is 2.59. The predicted octanol–water partition coefficient (Wildman–Crippen LogP) is 0.634. The molecule has 0 bridgehead atoms. The molecule has 0 aliphatic rings. The van der Waals surface area contributed by atoms with Crippen LogP contribution >= 0.6 is 0 Å². The molecule has 2 N–H and O–H groups in total. The van der Waals surface area contributed by atoms with E-state index in [1.807, 2.05) is 6.92 Å². The minimum Gasteiger partial charge on any atom is -0.394 e. The van der Waals surface area contributed by atoms with E-state index in [1.54, 1.807) is 18.9 Å². The Morgan fingerprint density at radius 3 is 2.78 bits per heavy atom. The van der Waals surface area contributed by atoms with Gasteiger partial charge in [0.1, 0.15) is 6.33 Å². The number of aliphatic hydroxyl groups excluding tert-OH is 1. The maximum absolute atomic E-state index is 11.1. The number of hydrogen-bond donors (Lipinski definition) is 2. The summed E-state index contributed by atoms with van der Waals surface area (Å²) in [6.45, 7) is 3.98. The molecule has 1 unspecified atom stereocenters. The number of anilines is 2. The Labute approximate surface area is 105 Å². The fourth-order valence-electron chi connectivity index (χ4n) is 1.42. The zero-order chi connectivity index (χ0) is 13.7. The Hall–Kier alpha value is -1.96. The van der Waals surface area contributed by atoms with E-state index in [4.69, 9.17) is 5.11 Å². The highest BCUT2D eigenvalue weighted by molar-refractivity contribution is 5.70. The molecule has 0 saturated carbocycles. The lowest BCUT2D eigenvalue weighted by Gasteiger charge is -2.24. The first kappa shape index (κ1) is 14.1. The maximum atomic E-state index is 11.1. The molecule has 0 radical (unpaired) electrons. The second-order valence-electron chi connectivity index (χ2n) is 3.82. The maximum Gasteiger partial charge on any atom is 0.353 e. The van der Waals surface area contributed by atoms with Gasteiger partial charge in [0.05, 0.1) is 17.6 Å². The van der Waals surface area contributed by atoms with Crippen LogP contribution in [-0.4, -0.2) is 46.2 Å². The molecular weight excluding hydrogens is 238 g/mol. The van der Waals surface area contributed by atoms with Crippen LogP contribution in [0.4, 0.5) is 17.3 Å². The zero-order valence-corrected chi connectivity index (χ0v) is 10.6. The van der Waals surface area contributed by atoms with Gasteiger partial charge in [0, 0.05) is 13.6 Å². The van der Waals surface area contributed by atoms with Crippen molar-refractivity contribution >= 4 is 17.3 Å². The first-order valence-electron chi connectivity index (χ1n) is 5.59. The first-order valence-corrected chi connectivity index (χ1v) is 5.59. The smallest absolute Gasteiger partial charge is 0.353 e. The minimum absolute atomic E-state index is 0.117. The lowest BCUT2D eigenvalue weighted by molar-refractivity contribution is -0.383. The summed E-state index contributed by atoms with van der Waals surface area (Å²) in [6.07, 6.45) is 1.26. The van der Waals surface area contributed by atoms with Gasteiger partial charge >= 0.3 is 5.69 Å². The first-order chi connectivity index (χ1) is 8.52. The number of nitrogens with one attached hydrogen (secondary N) is 1. The Bertz CT molecular complexity index is 426. The quantitative estimate of drug-likeness (QED) is 0.567. The average molecular weight is 255 g/mol. The molecule has 0 saturated heterocycles. The zero-order valence-electron chi connectivity index (χ0n) is 10.6. The van der Waals surface area contributed by atoms with Gasteiger partial charge in [-0.2, -0.15) is 0 Å². The van der Waals surface area contributed by atoms with Gasteiger partial charge < -0.3 is 15.3 Å². The van der Waals surface area contributed by atoms with Crippen molar-refractivity contribution in [2.75, 3.05) is 30.4 Å². The highest BCUT2D eigenvalue weighted by Crippen LogP contribution is 2.31. The van der Waals surface area contributed by atoms with Crippen LogP contribution in [0, 0.1) is 10.1 Å². The van der Waals surface area contributed by atoms with Crippen LogP contribution in [0.15, 0.2) is 6.33 Å². The van der Waals surface area contributed by atoms with Crippen molar-refractivity contribution in [1.29, 1.82) is 0 Å². The standard InChI is InChI=1S/C10H17N5O3/c1-4-11-9-8(15(17)18)10(13-6-12-9)14(3)7(2)5-16/h6-7,16H,4-5H2,1-3H3,(H,11,12,13). The van der Waals surface area contributed by atoms with Gasteiger partial charge in [-0.3, -0.25) is 10.1 Å². The summed E-state index contributed by atoms with van der Waals surface area (Å²) in [6, 6.07) is -0.270. The van der Waals surface area contributed by atoms with Crippen molar-refractivity contribution < 1.29 is 10.0 Å². The molecular formula is C10H17N5O3. The second kappa shape index (κ2) is 6.10. The Morgan fingerprint density at radius 2 is 2.28 bits per heavy atom. The van der Waals surface area contributed by atoms with E-state index in [-0.39, 0.29) is 30.0 Å². The molecule has 1 aromatic heterocycles. The summed E-state index contributed by atoms with van der Waals surface area (Å²) >= 11 is 0. The van der Waals surface area contributed by atoms with E-state index in [2.05, 4.69) is 15.3 Å². The van der Waals surface area contributed by atoms with Gasteiger partial charge in [0.15, 0.2) is 0 Å². The highest BCUT2D eigenvalue weighted by atomic mass is 16.6. The van der Waals surface area contributed by atoms with Gasteiger partial charge in [-0.25, -0.2) is 9.97 Å². The lowest BCUT2D eigenvalue weighted by Crippen LogP contribution is -2.33. The Balaban J connectivity index is 3.26. The molecule has 100 valence electrons. The van der Waals surface area contributed by atoms with Gasteiger partial charge in [0.2, 0.25) is 11.6 Å². The molecule has 18 heavy (non-hydrogen) atoms. The normalized spacial score (nSPS) is 12.0. The summed E-state index contributed by atoms with van der Waals surface area (Å²) in [5.41, 5.74) is -0.179. The van der Waals surface area contributed by atoms with Gasteiger partial charge in [-0.1, -0.05) is 0 Å². The molecule has 1 rings (SSSR count). The van der Waals surface area contributed by atoms with Crippen molar-refractivity contribution in [3.63, 3.8) is 0 Å². The predicted molar refractivity (Wildman–Crippen MR) is 67.8 cm³/mol. The van der Waals surface area contributed by atoms with Crippen LogP contribution < -0.4 is 10.2 Å². The SMILES string of the molecule is CCNc1ncnc(N(C)C(C)CO)c1[N+](=O)[O-].